The van der Waals surface area contributed by atoms with E-state index in [1.165, 1.54) is 0 Å². The van der Waals surface area contributed by atoms with Gasteiger partial charge in [0.2, 0.25) is 0 Å². The van der Waals surface area contributed by atoms with Crippen molar-refractivity contribution in [3.05, 3.63) is 35.7 Å². The van der Waals surface area contributed by atoms with Crippen LogP contribution in [0.15, 0.2) is 24.3 Å². The Morgan fingerprint density at radius 3 is 2.88 bits per heavy atom. The number of hydrogen-bond donors (Lipinski definition) is 0. The van der Waals surface area contributed by atoms with E-state index in [0.29, 0.717) is 24.3 Å². The molecule has 0 N–H and O–H groups in total. The smallest absolute Gasteiger partial charge is 0.309 e. The van der Waals surface area contributed by atoms with E-state index < -0.39 is 0 Å². The Balaban J connectivity index is 2.55. The van der Waals surface area contributed by atoms with Gasteiger partial charge < -0.3 is 4.74 Å². The van der Waals surface area contributed by atoms with Crippen molar-refractivity contribution in [1.29, 1.82) is 0 Å². The summed E-state index contributed by atoms with van der Waals surface area (Å²) in [6.07, 6.45) is 4.24. The van der Waals surface area contributed by atoms with Crippen LogP contribution in [0.1, 0.15) is 29.5 Å². The summed E-state index contributed by atoms with van der Waals surface area (Å²) in [5, 5.41) is 0. The van der Waals surface area contributed by atoms with Crippen molar-refractivity contribution in [1.82, 2.24) is 4.98 Å². The molecule has 0 bridgehead atoms. The summed E-state index contributed by atoms with van der Waals surface area (Å²) in [4.78, 5) is 25.5. The molecule has 1 aromatic heterocycles. The second-order valence-corrected chi connectivity index (χ2v) is 3.02. The van der Waals surface area contributed by atoms with E-state index >= 15 is 0 Å². The van der Waals surface area contributed by atoms with Gasteiger partial charge in [-0.05, 0) is 25.1 Å². The van der Waals surface area contributed by atoms with E-state index in [-0.39, 0.29) is 12.4 Å². The Morgan fingerprint density at radius 1 is 1.44 bits per heavy atom. The molecule has 0 fully saturated rings. The minimum absolute atomic E-state index is 0.209. The molecule has 84 valence electrons. The van der Waals surface area contributed by atoms with Gasteiger partial charge in [-0.3, -0.25) is 9.59 Å². The number of pyridine rings is 1. The molecule has 0 saturated heterocycles. The summed E-state index contributed by atoms with van der Waals surface area (Å²) in [5.74, 6) is -0.273. The van der Waals surface area contributed by atoms with Crippen LogP contribution in [-0.4, -0.2) is 23.8 Å². The highest BCUT2D eigenvalue weighted by molar-refractivity contribution is 5.73. The Labute approximate surface area is 94.0 Å². The summed E-state index contributed by atoms with van der Waals surface area (Å²) in [5.41, 5.74) is 1.02. The van der Waals surface area contributed by atoms with Crippen LogP contribution in [0.3, 0.4) is 0 Å². The number of aldehydes is 1. The first-order chi connectivity index (χ1) is 7.76. The predicted molar refractivity (Wildman–Crippen MR) is 59.9 cm³/mol. The zero-order valence-electron chi connectivity index (χ0n) is 9.05. The summed E-state index contributed by atoms with van der Waals surface area (Å²) in [7, 11) is 0. The first kappa shape index (κ1) is 12.1. The van der Waals surface area contributed by atoms with Crippen LogP contribution in [0.4, 0.5) is 0 Å². The Bertz CT molecular complexity index is 399. The van der Waals surface area contributed by atoms with Crippen LogP contribution < -0.4 is 0 Å². The topological polar surface area (TPSA) is 56.3 Å². The van der Waals surface area contributed by atoms with E-state index in [2.05, 4.69) is 4.98 Å². The third kappa shape index (κ3) is 4.04. The largest absolute Gasteiger partial charge is 0.466 e. The van der Waals surface area contributed by atoms with E-state index in [9.17, 15) is 9.59 Å². The Hall–Kier alpha value is -1.97. The monoisotopic (exact) mass is 219 g/mol. The second kappa shape index (κ2) is 6.50. The fourth-order valence-corrected chi connectivity index (χ4v) is 1.12. The normalized spacial score (nSPS) is 10.3. The number of carbonyl (C=O) groups is 2. The molecule has 4 heteroatoms. The van der Waals surface area contributed by atoms with E-state index in [4.69, 9.17) is 4.74 Å². The molecule has 0 saturated carbocycles. The SMILES string of the molecule is CCOC(=O)CC=Cc1cccc(C=O)n1. The molecule has 1 rings (SSSR count). The summed E-state index contributed by atoms with van der Waals surface area (Å²) < 4.78 is 4.76. The molecule has 0 aliphatic heterocycles. The number of esters is 1. The fourth-order valence-electron chi connectivity index (χ4n) is 1.12. The molecular weight excluding hydrogens is 206 g/mol. The fraction of sp³-hybridized carbons (Fsp3) is 0.250. The van der Waals surface area contributed by atoms with Gasteiger partial charge in [0.05, 0.1) is 18.7 Å². The van der Waals surface area contributed by atoms with Crippen LogP contribution in [0, 0.1) is 0 Å². The van der Waals surface area contributed by atoms with Crippen molar-refractivity contribution in [2.45, 2.75) is 13.3 Å². The van der Waals surface area contributed by atoms with E-state index in [0.717, 1.165) is 0 Å². The highest BCUT2D eigenvalue weighted by Gasteiger charge is 1.97. The molecule has 16 heavy (non-hydrogen) atoms. The minimum atomic E-state index is -0.273. The number of carbonyl (C=O) groups excluding carboxylic acids is 2. The van der Waals surface area contributed by atoms with Gasteiger partial charge in [0.15, 0.2) is 6.29 Å². The maximum absolute atomic E-state index is 11.0. The van der Waals surface area contributed by atoms with E-state index in [1.807, 2.05) is 0 Å². The van der Waals surface area contributed by atoms with E-state index in [1.54, 1.807) is 37.3 Å². The first-order valence-electron chi connectivity index (χ1n) is 5.00. The van der Waals surface area contributed by atoms with Crippen LogP contribution in [0.25, 0.3) is 6.08 Å². The molecule has 4 nitrogen and oxygen atoms in total. The van der Waals surface area contributed by atoms with Gasteiger partial charge in [0, 0.05) is 0 Å². The van der Waals surface area contributed by atoms with Crippen LogP contribution in [0.2, 0.25) is 0 Å². The van der Waals surface area contributed by atoms with Crippen LogP contribution in [0.5, 0.6) is 0 Å². The average Bonchev–Trinajstić information content (AvgIpc) is 2.30. The van der Waals surface area contributed by atoms with Gasteiger partial charge in [0.1, 0.15) is 5.69 Å². The van der Waals surface area contributed by atoms with Crippen molar-refractivity contribution < 1.29 is 14.3 Å². The Morgan fingerprint density at radius 2 is 2.19 bits per heavy atom. The third-order valence-corrected chi connectivity index (χ3v) is 1.79. The molecule has 1 heterocycles. The quantitative estimate of drug-likeness (QED) is 0.560. The number of rotatable bonds is 5. The number of ether oxygens (including phenoxy) is 1. The number of hydrogen-bond acceptors (Lipinski definition) is 4. The highest BCUT2D eigenvalue weighted by Crippen LogP contribution is 2.01. The summed E-state index contributed by atoms with van der Waals surface area (Å²) >= 11 is 0. The molecule has 0 aliphatic rings. The van der Waals surface area contributed by atoms with Gasteiger partial charge in [-0.2, -0.15) is 0 Å². The van der Waals surface area contributed by atoms with Crippen LogP contribution in [-0.2, 0) is 9.53 Å². The zero-order chi connectivity index (χ0) is 11.8. The van der Waals surface area contributed by atoms with Crippen LogP contribution >= 0.6 is 0 Å². The minimum Gasteiger partial charge on any atom is -0.466 e. The third-order valence-electron chi connectivity index (χ3n) is 1.79. The molecule has 1 aromatic rings. The van der Waals surface area contributed by atoms with Gasteiger partial charge >= 0.3 is 5.97 Å². The Kier molecular flexibility index (Phi) is 4.92. The molecule has 0 radical (unpaired) electrons. The summed E-state index contributed by atoms with van der Waals surface area (Å²) in [6, 6.07) is 5.12. The zero-order valence-corrected chi connectivity index (χ0v) is 9.05. The standard InChI is InChI=1S/C12H13NO3/c1-2-16-12(15)8-4-6-10-5-3-7-11(9-14)13-10/h3-7,9H,2,8H2,1H3. The molecule has 0 atom stereocenters. The van der Waals surface area contributed by atoms with Gasteiger partial charge in [-0.25, -0.2) is 4.98 Å². The lowest BCUT2D eigenvalue weighted by Gasteiger charge is -1.97. The lowest BCUT2D eigenvalue weighted by Crippen LogP contribution is -2.01. The van der Waals surface area contributed by atoms with Gasteiger partial charge in [-0.1, -0.05) is 12.1 Å². The average molecular weight is 219 g/mol. The lowest BCUT2D eigenvalue weighted by molar-refractivity contribution is -0.142. The van der Waals surface area contributed by atoms with Crippen molar-refractivity contribution in [3.8, 4) is 0 Å². The lowest BCUT2D eigenvalue weighted by atomic mass is 10.2. The maximum atomic E-state index is 11.0. The molecule has 0 amide bonds. The molecule has 0 unspecified atom stereocenters. The van der Waals surface area contributed by atoms with Crippen molar-refractivity contribution in [2.75, 3.05) is 6.61 Å². The van der Waals surface area contributed by atoms with Gasteiger partial charge in [-0.15, -0.1) is 0 Å². The summed E-state index contributed by atoms with van der Waals surface area (Å²) in [6.45, 7) is 2.14. The number of nitrogens with zero attached hydrogens (tertiary/aromatic N) is 1. The van der Waals surface area contributed by atoms with Crippen molar-refractivity contribution >= 4 is 18.3 Å². The van der Waals surface area contributed by atoms with Gasteiger partial charge in [0.25, 0.3) is 0 Å². The number of aromatic nitrogens is 1. The van der Waals surface area contributed by atoms with Crippen molar-refractivity contribution in [3.63, 3.8) is 0 Å². The molecule has 0 spiro atoms. The maximum Gasteiger partial charge on any atom is 0.309 e. The predicted octanol–water partition coefficient (Wildman–Crippen LogP) is 1.86. The second-order valence-electron chi connectivity index (χ2n) is 3.02. The first-order valence-corrected chi connectivity index (χ1v) is 5.00. The molecule has 0 aliphatic carbocycles. The molecular formula is C12H13NO3. The van der Waals surface area contributed by atoms with Crippen molar-refractivity contribution in [2.24, 2.45) is 0 Å². The molecule has 0 aromatic carbocycles. The highest BCUT2D eigenvalue weighted by atomic mass is 16.5.